The number of aromatic hydroxyl groups is 1. The highest BCUT2D eigenvalue weighted by atomic mass is 28.4. The van der Waals surface area contributed by atoms with E-state index in [0.717, 1.165) is 29.5 Å². The van der Waals surface area contributed by atoms with Crippen LogP contribution in [0.3, 0.4) is 0 Å². The van der Waals surface area contributed by atoms with Crippen LogP contribution in [0.5, 0.6) is 5.75 Å². The monoisotopic (exact) mass is 350 g/mol. The Morgan fingerprint density at radius 1 is 0.958 bits per heavy atom. The summed E-state index contributed by atoms with van der Waals surface area (Å²) in [6.07, 6.45) is 1.52. The smallest absolute Gasteiger partial charge is 0.500 e. The predicted molar refractivity (Wildman–Crippen MR) is 93.4 cm³/mol. The standard InChI is InChI=1S/C18H23FO4Si/c1-21-24(22-2,23-3)12-4-5-15-13-17(20)10-11-18(15)14-6-8-16(19)9-7-14/h6-11,13,20H,4-5,12H2,1-3H3. The Morgan fingerprint density at radius 2 is 1.58 bits per heavy atom. The molecule has 0 aliphatic heterocycles. The fraction of sp³-hybridized carbons (Fsp3) is 0.333. The second-order valence-corrected chi connectivity index (χ2v) is 8.59. The fourth-order valence-electron chi connectivity index (χ4n) is 2.75. The topological polar surface area (TPSA) is 47.9 Å². The van der Waals surface area contributed by atoms with Crippen molar-refractivity contribution in [3.8, 4) is 16.9 Å². The lowest BCUT2D eigenvalue weighted by molar-refractivity contribution is 0.123. The fourth-order valence-corrected chi connectivity index (χ4v) is 4.47. The summed E-state index contributed by atoms with van der Waals surface area (Å²) in [6.45, 7) is 0. The minimum Gasteiger partial charge on any atom is -0.508 e. The molecule has 1 N–H and O–H groups in total. The van der Waals surface area contributed by atoms with Crippen LogP contribution < -0.4 is 0 Å². The maximum absolute atomic E-state index is 13.1. The number of aryl methyl sites for hydroxylation is 1. The van der Waals surface area contributed by atoms with Gasteiger partial charge in [-0.05, 0) is 53.8 Å². The zero-order valence-electron chi connectivity index (χ0n) is 14.2. The van der Waals surface area contributed by atoms with E-state index in [1.54, 1.807) is 45.6 Å². The molecule has 0 unspecified atom stereocenters. The Hall–Kier alpha value is -1.73. The van der Waals surface area contributed by atoms with E-state index in [1.165, 1.54) is 12.1 Å². The molecule has 0 atom stereocenters. The van der Waals surface area contributed by atoms with Crippen LogP contribution in [-0.2, 0) is 19.7 Å². The van der Waals surface area contributed by atoms with Gasteiger partial charge in [0.05, 0.1) is 0 Å². The van der Waals surface area contributed by atoms with Crippen molar-refractivity contribution in [2.75, 3.05) is 21.3 Å². The number of halogens is 1. The summed E-state index contributed by atoms with van der Waals surface area (Å²) in [5.74, 6) is -0.0558. The van der Waals surface area contributed by atoms with E-state index in [-0.39, 0.29) is 11.6 Å². The SMILES string of the molecule is CO[Si](CCCc1cc(O)ccc1-c1ccc(F)cc1)(OC)OC. The average molecular weight is 350 g/mol. The van der Waals surface area contributed by atoms with Gasteiger partial charge < -0.3 is 18.4 Å². The Bertz CT molecular complexity index is 648. The molecular weight excluding hydrogens is 327 g/mol. The van der Waals surface area contributed by atoms with Gasteiger partial charge in [0.25, 0.3) is 0 Å². The van der Waals surface area contributed by atoms with Crippen LogP contribution in [0.4, 0.5) is 4.39 Å². The third kappa shape index (κ3) is 4.42. The molecule has 130 valence electrons. The molecule has 0 aromatic heterocycles. The maximum Gasteiger partial charge on any atom is 0.500 e. The summed E-state index contributed by atoms with van der Waals surface area (Å²) in [5.41, 5.74) is 2.89. The second-order valence-electron chi connectivity index (χ2n) is 5.50. The summed E-state index contributed by atoms with van der Waals surface area (Å²) in [5, 5.41) is 9.80. The number of benzene rings is 2. The third-order valence-electron chi connectivity index (χ3n) is 4.11. The molecule has 6 heteroatoms. The highest BCUT2D eigenvalue weighted by Gasteiger charge is 2.36. The van der Waals surface area contributed by atoms with E-state index in [4.69, 9.17) is 13.3 Å². The molecule has 0 bridgehead atoms. The predicted octanol–water partition coefficient (Wildman–Crippen LogP) is 4.01. The zero-order chi connectivity index (χ0) is 17.6. The first-order valence-corrected chi connectivity index (χ1v) is 9.70. The lowest BCUT2D eigenvalue weighted by Gasteiger charge is -2.24. The van der Waals surface area contributed by atoms with E-state index < -0.39 is 8.80 Å². The molecule has 2 aromatic rings. The van der Waals surface area contributed by atoms with Crippen LogP contribution in [0.15, 0.2) is 42.5 Å². The van der Waals surface area contributed by atoms with E-state index in [0.29, 0.717) is 6.04 Å². The Kier molecular flexibility index (Phi) is 6.50. The van der Waals surface area contributed by atoms with Crippen molar-refractivity contribution in [2.45, 2.75) is 18.9 Å². The first kappa shape index (κ1) is 18.6. The molecule has 0 aliphatic rings. The molecule has 0 fully saturated rings. The van der Waals surface area contributed by atoms with Gasteiger partial charge in [-0.2, -0.15) is 0 Å². The van der Waals surface area contributed by atoms with E-state index in [1.807, 2.05) is 6.07 Å². The normalized spacial score (nSPS) is 11.7. The largest absolute Gasteiger partial charge is 0.508 e. The van der Waals surface area contributed by atoms with E-state index >= 15 is 0 Å². The summed E-state index contributed by atoms with van der Waals surface area (Å²) in [4.78, 5) is 0. The van der Waals surface area contributed by atoms with Crippen molar-refractivity contribution in [1.29, 1.82) is 0 Å². The van der Waals surface area contributed by atoms with Crippen LogP contribution in [0.25, 0.3) is 11.1 Å². The van der Waals surface area contributed by atoms with Crippen LogP contribution in [0, 0.1) is 5.82 Å². The lowest BCUT2D eigenvalue weighted by atomic mass is 9.96. The molecular formula is C18H23FO4Si. The van der Waals surface area contributed by atoms with Crippen LogP contribution in [0.2, 0.25) is 6.04 Å². The molecule has 0 heterocycles. The van der Waals surface area contributed by atoms with Crippen molar-refractivity contribution >= 4 is 8.80 Å². The van der Waals surface area contributed by atoms with Crippen molar-refractivity contribution in [1.82, 2.24) is 0 Å². The molecule has 0 aliphatic carbocycles. The highest BCUT2D eigenvalue weighted by Crippen LogP contribution is 2.29. The molecule has 4 nitrogen and oxygen atoms in total. The lowest BCUT2D eigenvalue weighted by Crippen LogP contribution is -2.42. The Morgan fingerprint density at radius 3 is 2.17 bits per heavy atom. The van der Waals surface area contributed by atoms with Gasteiger partial charge in [-0.25, -0.2) is 4.39 Å². The maximum atomic E-state index is 13.1. The number of hydrogen-bond acceptors (Lipinski definition) is 4. The van der Waals surface area contributed by atoms with Crippen molar-refractivity contribution in [3.63, 3.8) is 0 Å². The van der Waals surface area contributed by atoms with Gasteiger partial charge in [-0.1, -0.05) is 18.2 Å². The highest BCUT2D eigenvalue weighted by molar-refractivity contribution is 6.60. The number of phenolic OH excluding ortho intramolecular Hbond substituents is 1. The van der Waals surface area contributed by atoms with Crippen LogP contribution in [0.1, 0.15) is 12.0 Å². The molecule has 0 saturated carbocycles. The van der Waals surface area contributed by atoms with E-state index in [9.17, 15) is 9.50 Å². The second kappa shape index (κ2) is 8.39. The summed E-state index contributed by atoms with van der Waals surface area (Å²) in [6, 6.07) is 12.3. The van der Waals surface area contributed by atoms with Gasteiger partial charge in [-0.3, -0.25) is 0 Å². The minimum atomic E-state index is -2.60. The van der Waals surface area contributed by atoms with Crippen LogP contribution >= 0.6 is 0 Å². The molecule has 0 saturated heterocycles. The average Bonchev–Trinajstić information content (AvgIpc) is 2.60. The van der Waals surface area contributed by atoms with Gasteiger partial charge in [0.1, 0.15) is 11.6 Å². The van der Waals surface area contributed by atoms with Gasteiger partial charge in [0.2, 0.25) is 0 Å². The van der Waals surface area contributed by atoms with Crippen molar-refractivity contribution in [2.24, 2.45) is 0 Å². The molecule has 24 heavy (non-hydrogen) atoms. The quantitative estimate of drug-likeness (QED) is 0.731. The third-order valence-corrected chi connectivity index (χ3v) is 6.94. The van der Waals surface area contributed by atoms with E-state index in [2.05, 4.69) is 0 Å². The Balaban J connectivity index is 2.18. The zero-order valence-corrected chi connectivity index (χ0v) is 15.2. The molecule has 0 amide bonds. The van der Waals surface area contributed by atoms with Crippen molar-refractivity contribution in [3.05, 3.63) is 53.8 Å². The van der Waals surface area contributed by atoms with Crippen molar-refractivity contribution < 1.29 is 22.8 Å². The summed E-state index contributed by atoms with van der Waals surface area (Å²) < 4.78 is 29.4. The number of hydrogen-bond donors (Lipinski definition) is 1. The first-order chi connectivity index (χ1) is 11.5. The first-order valence-electron chi connectivity index (χ1n) is 7.77. The van der Waals surface area contributed by atoms with Gasteiger partial charge in [0, 0.05) is 27.4 Å². The molecule has 0 radical (unpaired) electrons. The number of rotatable bonds is 8. The summed E-state index contributed by atoms with van der Waals surface area (Å²) in [7, 11) is 2.18. The Labute approximate surface area is 143 Å². The molecule has 2 aromatic carbocycles. The molecule has 0 spiro atoms. The minimum absolute atomic E-state index is 0.213. The summed E-state index contributed by atoms with van der Waals surface area (Å²) >= 11 is 0. The van der Waals surface area contributed by atoms with Gasteiger partial charge in [0.15, 0.2) is 0 Å². The van der Waals surface area contributed by atoms with Gasteiger partial charge >= 0.3 is 8.80 Å². The molecule has 2 rings (SSSR count). The number of phenols is 1. The van der Waals surface area contributed by atoms with Gasteiger partial charge in [-0.15, -0.1) is 0 Å². The van der Waals surface area contributed by atoms with Crippen LogP contribution in [-0.4, -0.2) is 35.2 Å².